The summed E-state index contributed by atoms with van der Waals surface area (Å²) in [6.07, 6.45) is 0.245. The molecule has 0 aromatic heterocycles. The van der Waals surface area contributed by atoms with Crippen molar-refractivity contribution in [3.8, 4) is 5.75 Å². The minimum atomic E-state index is -3.92. The number of benzene rings is 1. The molecule has 1 unspecified atom stereocenters. The van der Waals surface area contributed by atoms with Gasteiger partial charge in [0.25, 0.3) is 0 Å². The summed E-state index contributed by atoms with van der Waals surface area (Å²) in [4.78, 5) is 23.1. The second-order valence-electron chi connectivity index (χ2n) is 5.94. The van der Waals surface area contributed by atoms with E-state index in [-0.39, 0.29) is 24.5 Å². The predicted octanol–water partition coefficient (Wildman–Crippen LogP) is 0.791. The molecule has 0 bridgehead atoms. The molecule has 8 nitrogen and oxygen atoms in total. The molecule has 1 aromatic rings. The first-order chi connectivity index (χ1) is 11.8. The van der Waals surface area contributed by atoms with E-state index in [4.69, 9.17) is 9.47 Å². The van der Waals surface area contributed by atoms with Gasteiger partial charge in [-0.3, -0.25) is 4.79 Å². The maximum absolute atomic E-state index is 12.8. The monoisotopic (exact) mass is 369 g/mol. The molecule has 0 saturated carbocycles. The first kappa shape index (κ1) is 17.7. The Morgan fingerprint density at radius 3 is 2.84 bits per heavy atom. The molecule has 136 valence electrons. The minimum absolute atomic E-state index is 0.00695. The zero-order chi connectivity index (χ0) is 18.2. The number of carboxylic acids is 1. The zero-order valence-electron chi connectivity index (χ0n) is 13.7. The number of fused-ring (bicyclic) bond motifs is 1. The predicted molar refractivity (Wildman–Crippen MR) is 85.7 cm³/mol. The van der Waals surface area contributed by atoms with Gasteiger partial charge < -0.3 is 14.6 Å². The summed E-state index contributed by atoms with van der Waals surface area (Å²) >= 11 is 0. The van der Waals surface area contributed by atoms with Gasteiger partial charge in [0.1, 0.15) is 11.8 Å². The van der Waals surface area contributed by atoms with Gasteiger partial charge in [0, 0.05) is 13.0 Å². The summed E-state index contributed by atoms with van der Waals surface area (Å²) < 4.78 is 37.0. The molecule has 1 fully saturated rings. The molecule has 2 aliphatic rings. The summed E-state index contributed by atoms with van der Waals surface area (Å²) in [7, 11) is -3.92. The lowest BCUT2D eigenvalue weighted by Crippen LogP contribution is -2.40. The lowest BCUT2D eigenvalue weighted by atomic mass is 10.1. The normalized spacial score (nSPS) is 23.1. The van der Waals surface area contributed by atoms with Gasteiger partial charge >= 0.3 is 11.9 Å². The average Bonchev–Trinajstić information content (AvgIpc) is 3.21. The van der Waals surface area contributed by atoms with Crippen molar-refractivity contribution in [2.45, 2.75) is 43.2 Å². The molecule has 0 amide bonds. The molecular weight excluding hydrogens is 350 g/mol. The molecule has 0 spiro atoms. The number of carbonyl (C=O) groups is 2. The Morgan fingerprint density at radius 1 is 1.40 bits per heavy atom. The Bertz CT molecular complexity index is 805. The number of ether oxygens (including phenoxy) is 2. The topological polar surface area (TPSA) is 110 Å². The molecule has 9 heteroatoms. The van der Waals surface area contributed by atoms with E-state index in [1.807, 2.05) is 0 Å². The van der Waals surface area contributed by atoms with E-state index in [2.05, 4.69) is 0 Å². The van der Waals surface area contributed by atoms with Crippen molar-refractivity contribution in [1.29, 1.82) is 0 Å². The maximum Gasteiger partial charge on any atom is 0.347 e. The SMILES string of the molecule is CCOC(=O)C1Cc2cc(S(=O)(=O)N3CCC[C@@H]3C(=O)O)ccc2O1. The number of rotatable bonds is 5. The van der Waals surface area contributed by atoms with Crippen molar-refractivity contribution in [3.63, 3.8) is 0 Å². The number of carbonyl (C=O) groups excluding carboxylic acids is 1. The van der Waals surface area contributed by atoms with Crippen LogP contribution >= 0.6 is 0 Å². The Hall–Kier alpha value is -2.13. The Kier molecular flexibility index (Phi) is 4.70. The van der Waals surface area contributed by atoms with Gasteiger partial charge in [0.15, 0.2) is 6.10 Å². The second-order valence-corrected chi connectivity index (χ2v) is 7.83. The smallest absolute Gasteiger partial charge is 0.347 e. The number of hydrogen-bond acceptors (Lipinski definition) is 6. The number of sulfonamides is 1. The summed E-state index contributed by atoms with van der Waals surface area (Å²) in [5, 5.41) is 9.22. The fourth-order valence-electron chi connectivity index (χ4n) is 3.16. The number of carboxylic acid groups (broad SMARTS) is 1. The van der Waals surface area contributed by atoms with E-state index in [0.717, 1.165) is 4.31 Å². The van der Waals surface area contributed by atoms with Gasteiger partial charge in [-0.25, -0.2) is 13.2 Å². The third-order valence-electron chi connectivity index (χ3n) is 4.35. The van der Waals surface area contributed by atoms with E-state index in [1.165, 1.54) is 18.2 Å². The molecule has 1 saturated heterocycles. The van der Waals surface area contributed by atoms with Crippen LogP contribution in [-0.4, -0.2) is 55.1 Å². The molecule has 3 rings (SSSR count). The molecule has 2 heterocycles. The summed E-state index contributed by atoms with van der Waals surface area (Å²) in [6.45, 7) is 2.11. The summed E-state index contributed by atoms with van der Waals surface area (Å²) in [5.74, 6) is -1.20. The molecule has 2 aliphatic heterocycles. The van der Waals surface area contributed by atoms with Gasteiger partial charge in [0.2, 0.25) is 10.0 Å². The van der Waals surface area contributed by atoms with E-state index in [1.54, 1.807) is 6.92 Å². The van der Waals surface area contributed by atoms with Crippen LogP contribution in [0.2, 0.25) is 0 Å². The lowest BCUT2D eigenvalue weighted by molar-refractivity contribution is -0.150. The van der Waals surface area contributed by atoms with E-state index in [0.29, 0.717) is 24.2 Å². The number of nitrogens with zero attached hydrogens (tertiary/aromatic N) is 1. The van der Waals surface area contributed by atoms with Crippen LogP contribution in [0.4, 0.5) is 0 Å². The zero-order valence-corrected chi connectivity index (χ0v) is 14.5. The second kappa shape index (κ2) is 6.64. The van der Waals surface area contributed by atoms with Crippen LogP contribution in [0.25, 0.3) is 0 Å². The van der Waals surface area contributed by atoms with E-state index >= 15 is 0 Å². The Balaban J connectivity index is 1.85. The summed E-state index contributed by atoms with van der Waals surface area (Å²) in [6, 6.07) is 3.27. The fraction of sp³-hybridized carbons (Fsp3) is 0.500. The first-order valence-electron chi connectivity index (χ1n) is 8.05. The van der Waals surface area contributed by atoms with Crippen LogP contribution in [-0.2, 0) is 30.8 Å². The van der Waals surface area contributed by atoms with Crippen molar-refractivity contribution in [1.82, 2.24) is 4.31 Å². The van der Waals surface area contributed by atoms with E-state index in [9.17, 15) is 23.1 Å². The molecular formula is C16H19NO7S. The van der Waals surface area contributed by atoms with Crippen molar-refractivity contribution >= 4 is 22.0 Å². The highest BCUT2D eigenvalue weighted by atomic mass is 32.2. The summed E-state index contributed by atoms with van der Waals surface area (Å²) in [5.41, 5.74) is 0.588. The standard InChI is InChI=1S/C16H19NO7S/c1-2-23-16(20)14-9-10-8-11(5-6-13(10)24-14)25(21,22)17-7-3-4-12(17)15(18)19/h5-6,8,12,14H,2-4,7,9H2,1H3,(H,18,19)/t12-,14?/m1/s1. The van der Waals surface area contributed by atoms with Gasteiger partial charge in [-0.15, -0.1) is 0 Å². The number of esters is 1. The van der Waals surface area contributed by atoms with Crippen LogP contribution in [0.5, 0.6) is 5.75 Å². The van der Waals surface area contributed by atoms with Gasteiger partial charge in [-0.1, -0.05) is 0 Å². The Labute approximate surface area is 145 Å². The molecule has 25 heavy (non-hydrogen) atoms. The van der Waals surface area contributed by atoms with Crippen LogP contribution in [0.15, 0.2) is 23.1 Å². The lowest BCUT2D eigenvalue weighted by Gasteiger charge is -2.21. The quantitative estimate of drug-likeness (QED) is 0.764. The van der Waals surface area contributed by atoms with Crippen molar-refractivity contribution in [3.05, 3.63) is 23.8 Å². The molecule has 2 atom stereocenters. The first-order valence-corrected chi connectivity index (χ1v) is 9.49. The van der Waals surface area contributed by atoms with Crippen LogP contribution in [0.1, 0.15) is 25.3 Å². The van der Waals surface area contributed by atoms with Gasteiger partial charge in [0.05, 0.1) is 11.5 Å². The largest absolute Gasteiger partial charge is 0.480 e. The van der Waals surface area contributed by atoms with Crippen molar-refractivity contribution < 1.29 is 32.6 Å². The third-order valence-corrected chi connectivity index (χ3v) is 6.26. The molecule has 0 radical (unpaired) electrons. The molecule has 1 aromatic carbocycles. The highest BCUT2D eigenvalue weighted by Crippen LogP contribution is 2.33. The average molecular weight is 369 g/mol. The van der Waals surface area contributed by atoms with Gasteiger partial charge in [-0.2, -0.15) is 4.31 Å². The highest BCUT2D eigenvalue weighted by molar-refractivity contribution is 7.89. The molecule has 1 N–H and O–H groups in total. The van der Waals surface area contributed by atoms with Crippen LogP contribution in [0, 0.1) is 0 Å². The third kappa shape index (κ3) is 3.21. The van der Waals surface area contributed by atoms with E-state index < -0.39 is 34.1 Å². The van der Waals surface area contributed by atoms with Crippen molar-refractivity contribution in [2.75, 3.05) is 13.2 Å². The molecule has 0 aliphatic carbocycles. The number of aliphatic carboxylic acids is 1. The fourth-order valence-corrected chi connectivity index (χ4v) is 4.86. The van der Waals surface area contributed by atoms with Crippen LogP contribution in [0.3, 0.4) is 0 Å². The van der Waals surface area contributed by atoms with Crippen LogP contribution < -0.4 is 4.74 Å². The Morgan fingerprint density at radius 2 is 2.16 bits per heavy atom. The maximum atomic E-state index is 12.8. The highest BCUT2D eigenvalue weighted by Gasteiger charge is 2.40. The van der Waals surface area contributed by atoms with Gasteiger partial charge in [-0.05, 0) is 43.5 Å². The minimum Gasteiger partial charge on any atom is -0.480 e. The number of hydrogen-bond donors (Lipinski definition) is 1. The van der Waals surface area contributed by atoms with Crippen molar-refractivity contribution in [2.24, 2.45) is 0 Å².